The average Bonchev–Trinajstić information content (AvgIpc) is 1.56. The Morgan fingerprint density at radius 2 is 1.08 bits per heavy atom. The van der Waals surface area contributed by atoms with Crippen molar-refractivity contribution in [1.29, 1.82) is 5.41 Å². The molecule has 0 aromatic rings. The number of carbonyl (C=O) groups excluding carboxylic acids is 4. The summed E-state index contributed by atoms with van der Waals surface area (Å²) in [7, 11) is 0. The summed E-state index contributed by atoms with van der Waals surface area (Å²) in [6.45, 7) is -0.966. The lowest BCUT2D eigenvalue weighted by Crippen LogP contribution is -2.70. The van der Waals surface area contributed by atoms with Gasteiger partial charge >= 0.3 is 0 Å². The van der Waals surface area contributed by atoms with E-state index in [2.05, 4.69) is 5.32 Å². The monoisotopic (exact) mass is 1510 g/mol. The summed E-state index contributed by atoms with van der Waals surface area (Å²) in [4.78, 5) is 53.4. The predicted molar refractivity (Wildman–Crippen MR) is 347 cm³/mol. The Kier molecular flexibility index (Phi) is 33.4. The van der Waals surface area contributed by atoms with Crippen molar-refractivity contribution in [2.75, 3.05) is 58.5 Å². The van der Waals surface area contributed by atoms with Crippen LogP contribution in [-0.4, -0.2) is 374 Å². The second-order valence-corrected chi connectivity index (χ2v) is 29.2. The molecule has 32 atom stereocenters. The number of aliphatic hydroxyl groups is 18. The fourth-order valence-corrected chi connectivity index (χ4v) is 15.5. The molecular weight excluding hydrogens is 1400 g/mol. The SMILES string of the molecule is CCC(=N)CCCSC1CC(=O)N(CC2CCC(C(=O)CCCCCCO[C@@H]3OC(CO)[C@@H](O[C@@H]4OC(CO)[C@H](O[C@H]5OC(CO)[C@H](O)[C@H](O[C@@H]6OC(CO)[C@H](O)[C@H](O[C@@H]7OC(CO)[C@H](O)[C@H](O[C@@H]8C[C@@H](O)[C@@H](C)C(C(O)C(O)CO)O8)C7O)C6NC(C)=O)C5O)[C@H](O)C4O)[C@H](O)C3O)CC2)C1=O. The number of aliphatic hydroxyl groups excluding tert-OH is 18. The van der Waals surface area contributed by atoms with E-state index in [0.717, 1.165) is 26.2 Å². The minimum atomic E-state index is -2.24. The Hall–Kier alpha value is -2.90. The first-order valence-corrected chi connectivity index (χ1v) is 36.6. The van der Waals surface area contributed by atoms with Crippen molar-refractivity contribution in [3.05, 3.63) is 0 Å². The van der Waals surface area contributed by atoms with Gasteiger partial charge in [-0.2, -0.15) is 0 Å². The molecule has 20 N–H and O–H groups in total. The average molecular weight is 1510 g/mol. The van der Waals surface area contributed by atoms with E-state index in [1.807, 2.05) is 6.92 Å². The zero-order valence-corrected chi connectivity index (χ0v) is 58.6. The van der Waals surface area contributed by atoms with E-state index >= 15 is 0 Å². The maximum absolute atomic E-state index is 13.2. The van der Waals surface area contributed by atoms with Gasteiger partial charge in [-0.1, -0.05) is 26.7 Å². The molecule has 8 rings (SSSR count). The smallest absolute Gasteiger partial charge is 0.242 e. The van der Waals surface area contributed by atoms with Crippen LogP contribution in [0.1, 0.15) is 111 Å². The van der Waals surface area contributed by atoms with E-state index in [-0.39, 0.29) is 54.1 Å². The highest BCUT2D eigenvalue weighted by molar-refractivity contribution is 8.00. The number of hydrogen-bond donors (Lipinski definition) is 20. The van der Waals surface area contributed by atoms with Gasteiger partial charge in [-0.05, 0) is 69.5 Å². The Balaban J connectivity index is 0.816. The number of rotatable bonds is 36. The summed E-state index contributed by atoms with van der Waals surface area (Å²) in [5.74, 6) is -1.11. The maximum atomic E-state index is 13.2. The van der Waals surface area contributed by atoms with Crippen LogP contribution in [0, 0.1) is 23.2 Å². The van der Waals surface area contributed by atoms with Crippen LogP contribution in [0.15, 0.2) is 0 Å². The minimum absolute atomic E-state index is 0.0298. The number of ether oxygens (including phenoxy) is 12. The van der Waals surface area contributed by atoms with Gasteiger partial charge in [0.25, 0.3) is 0 Å². The molecule has 594 valence electrons. The molecule has 8 fully saturated rings. The van der Waals surface area contributed by atoms with Gasteiger partial charge in [0.05, 0.1) is 57.1 Å². The minimum Gasteiger partial charge on any atom is -0.394 e. The number of carbonyl (C=O) groups is 4. The summed E-state index contributed by atoms with van der Waals surface area (Å²) >= 11 is 1.48. The molecule has 37 nitrogen and oxygen atoms in total. The van der Waals surface area contributed by atoms with Crippen LogP contribution < -0.4 is 5.32 Å². The van der Waals surface area contributed by atoms with Crippen molar-refractivity contribution < 1.29 is 168 Å². The van der Waals surface area contributed by atoms with Crippen LogP contribution in [-0.2, 0) is 76.0 Å². The molecule has 103 heavy (non-hydrogen) atoms. The van der Waals surface area contributed by atoms with E-state index in [1.165, 1.54) is 23.6 Å². The summed E-state index contributed by atoms with van der Waals surface area (Å²) < 4.78 is 70.3. The molecule has 0 aromatic heterocycles. The van der Waals surface area contributed by atoms with Gasteiger partial charge in [0.1, 0.15) is 140 Å². The van der Waals surface area contributed by atoms with Gasteiger partial charge in [0, 0.05) is 56.9 Å². The first kappa shape index (κ1) is 85.7. The topological polar surface area (TPSA) is 582 Å². The first-order chi connectivity index (χ1) is 49.1. The van der Waals surface area contributed by atoms with Crippen LogP contribution in [0.3, 0.4) is 0 Å². The number of Topliss-reactive ketones (excluding diaryl/α,β-unsaturated/α-hetero) is 1. The number of unbranched alkanes of at least 4 members (excludes halogenated alkanes) is 3. The third kappa shape index (κ3) is 21.2. The molecule has 0 aromatic carbocycles. The number of thioether (sulfide) groups is 1. The zero-order valence-electron chi connectivity index (χ0n) is 57.8. The molecule has 8 aliphatic rings. The molecule has 7 heterocycles. The van der Waals surface area contributed by atoms with Gasteiger partial charge in [-0.3, -0.25) is 24.1 Å². The largest absolute Gasteiger partial charge is 0.394 e. The van der Waals surface area contributed by atoms with Gasteiger partial charge < -0.3 is 159 Å². The molecule has 0 bridgehead atoms. The van der Waals surface area contributed by atoms with E-state index in [9.17, 15) is 111 Å². The predicted octanol–water partition coefficient (Wildman–Crippen LogP) is -7.51. The first-order valence-electron chi connectivity index (χ1n) is 35.6. The van der Waals surface area contributed by atoms with E-state index in [4.69, 9.17) is 62.3 Å². The number of nitrogens with zero attached hydrogens (tertiary/aromatic N) is 1. The highest BCUT2D eigenvalue weighted by atomic mass is 32.2. The second-order valence-electron chi connectivity index (χ2n) is 27.9. The fourth-order valence-electron chi connectivity index (χ4n) is 14.4. The van der Waals surface area contributed by atoms with Gasteiger partial charge in [0.2, 0.25) is 17.7 Å². The summed E-state index contributed by atoms with van der Waals surface area (Å²) in [6, 6.07) is -1.80. The second kappa shape index (κ2) is 40.2. The highest BCUT2D eigenvalue weighted by Crippen LogP contribution is 2.40. The van der Waals surface area contributed by atoms with Gasteiger partial charge in [-0.15, -0.1) is 11.8 Å². The fraction of sp³-hybridized carbons (Fsp3) is 0.923. The molecule has 7 saturated heterocycles. The molecule has 1 saturated carbocycles. The van der Waals surface area contributed by atoms with Gasteiger partial charge in [-0.25, -0.2) is 0 Å². The van der Waals surface area contributed by atoms with Crippen molar-refractivity contribution in [2.24, 2.45) is 17.8 Å². The summed E-state index contributed by atoms with van der Waals surface area (Å²) in [6.07, 6.45) is -45.6. The maximum Gasteiger partial charge on any atom is 0.242 e. The standard InChI is InChI=1S/C65H109N3O34S/c1-4-31(66)10-9-17-103-40-19-41(79)68(60(40)90)20-29-12-14-30(15-13-29)32(76)11-7-5-6-8-16-91-62-50(86)48(84)55(38(25-73)95-62)99-63-51(87)49(85)56(39(26-74)96-63)100-64-53(89)59(47(83)37(24-72)93-64)102-61-43(67-28(3)75)57(45(81)35(22-70)92-61)101-65-52(88)58(46(82)36(23-71)94-65)98-42-18-33(77)27(2)54(97-42)44(80)34(78)21-69/h27,29-30,33-40,42-59,61-66,69-74,77-78,80-89H,4-26H2,1-3H3,(H,67,75)/t27-,29?,30?,33-,34?,35?,36?,37?,38?,39?,40?,42-,43?,44?,45+,46+,47+,48-,49-,50?,51?,52?,53?,54?,55-,56+,57-,58+,59+,61+,62-,63+,64-,65+/m1/s1. The van der Waals surface area contributed by atoms with Crippen LogP contribution in [0.5, 0.6) is 0 Å². The number of likely N-dealkylation sites (tertiary alicyclic amines) is 1. The lowest BCUT2D eigenvalue weighted by molar-refractivity contribution is -0.390. The molecule has 7 aliphatic heterocycles. The Morgan fingerprint density at radius 3 is 1.63 bits per heavy atom. The quantitative estimate of drug-likeness (QED) is 0.0157. The van der Waals surface area contributed by atoms with Crippen LogP contribution >= 0.6 is 11.8 Å². The third-order valence-corrected chi connectivity index (χ3v) is 22.0. The van der Waals surface area contributed by atoms with Crippen molar-refractivity contribution in [3.63, 3.8) is 0 Å². The lowest BCUT2D eigenvalue weighted by Gasteiger charge is -2.50. The van der Waals surface area contributed by atoms with E-state index in [1.54, 1.807) is 0 Å². The number of amides is 3. The van der Waals surface area contributed by atoms with E-state index < -0.39 is 236 Å². The third-order valence-electron chi connectivity index (χ3n) is 20.7. The molecule has 3 amide bonds. The van der Waals surface area contributed by atoms with E-state index in [0.29, 0.717) is 75.8 Å². The Bertz CT molecular complexity index is 2640. The lowest BCUT2D eigenvalue weighted by atomic mass is 9.79. The molecular formula is C65H109N3O34S. The molecule has 1 aliphatic carbocycles. The van der Waals surface area contributed by atoms with Crippen LogP contribution in [0.2, 0.25) is 0 Å². The van der Waals surface area contributed by atoms with Crippen molar-refractivity contribution >= 4 is 41.0 Å². The molecule has 14 unspecified atom stereocenters. The Morgan fingerprint density at radius 1 is 0.583 bits per heavy atom. The van der Waals surface area contributed by atoms with Crippen LogP contribution in [0.4, 0.5) is 0 Å². The number of ketones is 1. The number of nitrogens with one attached hydrogen (secondary N) is 2. The summed E-state index contributed by atoms with van der Waals surface area (Å²) in [5, 5.41) is 207. The van der Waals surface area contributed by atoms with Crippen molar-refractivity contribution in [3.8, 4) is 0 Å². The van der Waals surface area contributed by atoms with Gasteiger partial charge in [0.15, 0.2) is 37.7 Å². The molecule has 0 radical (unpaired) electrons. The zero-order chi connectivity index (χ0) is 75.3. The Labute approximate surface area is 598 Å². The highest BCUT2D eigenvalue weighted by Gasteiger charge is 2.58. The number of imide groups is 1. The number of hydrogen-bond acceptors (Lipinski definition) is 36. The van der Waals surface area contributed by atoms with Crippen molar-refractivity contribution in [2.45, 2.75) is 300 Å². The molecule has 0 spiro atoms. The summed E-state index contributed by atoms with van der Waals surface area (Å²) in [5.41, 5.74) is 0.670. The van der Waals surface area contributed by atoms with Crippen LogP contribution in [0.25, 0.3) is 0 Å². The van der Waals surface area contributed by atoms with Crippen molar-refractivity contribution in [1.82, 2.24) is 10.2 Å². The molecule has 38 heteroatoms. The normalized spacial score (nSPS) is 42.6.